The van der Waals surface area contributed by atoms with Gasteiger partial charge in [-0.1, -0.05) is 76.1 Å². The Hall–Kier alpha value is -4.93. The van der Waals surface area contributed by atoms with Gasteiger partial charge in [-0.3, -0.25) is 9.35 Å². The van der Waals surface area contributed by atoms with Crippen molar-refractivity contribution in [3.05, 3.63) is 131 Å². The summed E-state index contributed by atoms with van der Waals surface area (Å²) in [6.07, 6.45) is 18.4. The molecule has 0 fully saturated rings. The predicted octanol–water partition coefficient (Wildman–Crippen LogP) is 11.8. The van der Waals surface area contributed by atoms with Crippen LogP contribution in [0.1, 0.15) is 123 Å². The number of para-hydroxylation sites is 2. The van der Waals surface area contributed by atoms with Crippen LogP contribution in [0.2, 0.25) is 0 Å². The van der Waals surface area contributed by atoms with Crippen LogP contribution in [-0.4, -0.2) is 68.3 Å². The van der Waals surface area contributed by atoms with Crippen molar-refractivity contribution in [1.29, 1.82) is 0 Å². The number of hydrogen-bond acceptors (Lipinski definition) is 7. The van der Waals surface area contributed by atoms with Crippen LogP contribution in [-0.2, 0) is 30.5 Å². The highest BCUT2D eigenvalue weighted by Gasteiger charge is 2.44. The second-order valence-corrected chi connectivity index (χ2v) is 19.8. The molecule has 0 bridgehead atoms. The zero-order valence-corrected chi connectivity index (χ0v) is 39.6. The Morgan fingerprint density at radius 1 is 0.841 bits per heavy atom. The van der Waals surface area contributed by atoms with Crippen molar-refractivity contribution in [2.75, 3.05) is 48.8 Å². The number of carbonyl (C=O) groups is 1. The number of nitrogens with zero attached hydrogens (tertiary/aromatic N) is 3. The van der Waals surface area contributed by atoms with Gasteiger partial charge in [-0.25, -0.2) is 0 Å². The van der Waals surface area contributed by atoms with Crippen molar-refractivity contribution in [3.63, 3.8) is 0 Å². The zero-order chi connectivity index (χ0) is 45.2. The van der Waals surface area contributed by atoms with Crippen molar-refractivity contribution in [1.82, 2.24) is 0 Å². The maximum absolute atomic E-state index is 11.8. The number of allylic oxidation sites excluding steroid dienone is 7. The quantitative estimate of drug-likeness (QED) is 0.0489. The van der Waals surface area contributed by atoms with Crippen LogP contribution in [0.3, 0.4) is 0 Å². The molecule has 63 heavy (non-hydrogen) atoms. The molecule has 1 N–H and O–H groups in total. The molecule has 0 radical (unpaired) electrons. The Kier molecular flexibility index (Phi) is 16.0. The summed E-state index contributed by atoms with van der Waals surface area (Å²) in [6, 6.07) is 25.6. The van der Waals surface area contributed by atoms with Crippen LogP contribution in [0.15, 0.2) is 120 Å². The standard InChI is InChI=1S/C53H69N3O6S/c1-8-10-37-55-46-25-15-13-23-44(46)52(3,4)48(55)34-28-40-21-20-22-41(51(40)62-43-32-30-42(31-33-43)54(7)36-17-11-12-27-50(57)61-9-2)29-35-49-53(5,6)45-24-14-16-26-47(45)56(49)38-18-19-39-63(58,59)60/h13-16,23-26,28-35H,8-12,17-22,27,36-39H2,1-7H3/p+1. The molecule has 3 aromatic carbocycles. The molecule has 6 rings (SSSR count). The fourth-order valence-electron chi connectivity index (χ4n) is 9.39. The molecule has 3 aromatic rings. The van der Waals surface area contributed by atoms with Gasteiger partial charge in [-0.15, -0.1) is 0 Å². The van der Waals surface area contributed by atoms with Crippen molar-refractivity contribution >= 4 is 38.9 Å². The maximum atomic E-state index is 11.8. The molecule has 0 saturated carbocycles. The minimum absolute atomic E-state index is 0.120. The molecule has 0 atom stereocenters. The van der Waals surface area contributed by atoms with Crippen LogP contribution in [0.5, 0.6) is 5.75 Å². The smallest absolute Gasteiger partial charge is 0.305 e. The lowest BCUT2D eigenvalue weighted by Gasteiger charge is -2.27. The van der Waals surface area contributed by atoms with Gasteiger partial charge in [0.1, 0.15) is 18.1 Å². The molecule has 9 nitrogen and oxygen atoms in total. The minimum Gasteiger partial charge on any atom is -0.466 e. The molecule has 0 aromatic heterocycles. The minimum atomic E-state index is -4.02. The van der Waals surface area contributed by atoms with Gasteiger partial charge in [0.2, 0.25) is 5.69 Å². The third-order valence-electron chi connectivity index (χ3n) is 12.9. The molecule has 2 heterocycles. The number of ether oxygens (including phenoxy) is 2. The summed E-state index contributed by atoms with van der Waals surface area (Å²) >= 11 is 0. The van der Waals surface area contributed by atoms with E-state index in [-0.39, 0.29) is 22.6 Å². The Balaban J connectivity index is 1.34. The summed E-state index contributed by atoms with van der Waals surface area (Å²) < 4.78 is 46.9. The van der Waals surface area contributed by atoms with E-state index < -0.39 is 10.1 Å². The van der Waals surface area contributed by atoms with Gasteiger partial charge in [0.15, 0.2) is 5.71 Å². The molecule has 0 amide bonds. The van der Waals surface area contributed by atoms with Crippen LogP contribution in [0, 0.1) is 0 Å². The molecule has 338 valence electrons. The largest absolute Gasteiger partial charge is 0.466 e. The van der Waals surface area contributed by atoms with E-state index in [9.17, 15) is 17.8 Å². The Morgan fingerprint density at radius 2 is 1.57 bits per heavy atom. The fourth-order valence-corrected chi connectivity index (χ4v) is 9.96. The van der Waals surface area contributed by atoms with E-state index in [0.717, 1.165) is 98.6 Å². The van der Waals surface area contributed by atoms with Crippen molar-refractivity contribution in [3.8, 4) is 5.75 Å². The van der Waals surface area contributed by atoms with Gasteiger partial charge in [0, 0.05) is 73.2 Å². The second-order valence-electron chi connectivity index (χ2n) is 18.2. The first-order valence-electron chi connectivity index (χ1n) is 23.2. The third kappa shape index (κ3) is 11.6. The predicted molar refractivity (Wildman–Crippen MR) is 258 cm³/mol. The molecular formula is C53H70N3O6S+. The number of benzene rings is 3. The number of esters is 1. The lowest BCUT2D eigenvalue weighted by Crippen LogP contribution is -2.28. The fraction of sp³-hybridized carbons (Fsp3) is 0.472. The number of fused-ring (bicyclic) bond motifs is 2. The van der Waals surface area contributed by atoms with E-state index in [0.29, 0.717) is 32.4 Å². The Bertz CT molecular complexity index is 2350. The van der Waals surface area contributed by atoms with E-state index in [4.69, 9.17) is 9.47 Å². The first kappa shape index (κ1) is 47.5. The lowest BCUT2D eigenvalue weighted by molar-refractivity contribution is -0.438. The highest BCUT2D eigenvalue weighted by molar-refractivity contribution is 7.85. The number of rotatable bonds is 21. The summed E-state index contributed by atoms with van der Waals surface area (Å²) in [4.78, 5) is 16.5. The van der Waals surface area contributed by atoms with Crippen LogP contribution in [0.25, 0.3) is 0 Å². The van der Waals surface area contributed by atoms with Gasteiger partial charge >= 0.3 is 5.97 Å². The molecule has 0 unspecified atom stereocenters. The number of unbranched alkanes of at least 4 members (excludes halogenated alkanes) is 4. The normalized spacial score (nSPS) is 18.1. The summed E-state index contributed by atoms with van der Waals surface area (Å²) in [5, 5.41) is 0. The van der Waals surface area contributed by atoms with E-state index in [2.05, 4.69) is 153 Å². The highest BCUT2D eigenvalue weighted by atomic mass is 32.2. The van der Waals surface area contributed by atoms with Crippen molar-refractivity contribution in [2.24, 2.45) is 0 Å². The van der Waals surface area contributed by atoms with Gasteiger partial charge < -0.3 is 19.3 Å². The van der Waals surface area contributed by atoms with Crippen LogP contribution < -0.4 is 14.5 Å². The van der Waals surface area contributed by atoms with Crippen LogP contribution >= 0.6 is 0 Å². The number of carbonyl (C=O) groups excluding carboxylic acids is 1. The molecule has 10 heteroatoms. The summed E-state index contributed by atoms with van der Waals surface area (Å²) in [6.45, 7) is 16.2. The highest BCUT2D eigenvalue weighted by Crippen LogP contribution is 2.48. The Labute approximate surface area is 377 Å². The van der Waals surface area contributed by atoms with E-state index in [1.165, 1.54) is 28.1 Å². The Morgan fingerprint density at radius 3 is 2.30 bits per heavy atom. The molecule has 2 aliphatic heterocycles. The van der Waals surface area contributed by atoms with Gasteiger partial charge in [-0.05, 0) is 125 Å². The van der Waals surface area contributed by atoms with Gasteiger partial charge in [0.05, 0.1) is 17.8 Å². The monoisotopic (exact) mass is 876 g/mol. The average molecular weight is 877 g/mol. The first-order valence-corrected chi connectivity index (χ1v) is 24.8. The lowest BCUT2D eigenvalue weighted by atomic mass is 9.81. The van der Waals surface area contributed by atoms with E-state index in [1.54, 1.807) is 0 Å². The molecular weight excluding hydrogens is 807 g/mol. The molecule has 0 saturated heterocycles. The van der Waals surface area contributed by atoms with E-state index >= 15 is 0 Å². The first-order chi connectivity index (χ1) is 30.2. The van der Waals surface area contributed by atoms with Crippen molar-refractivity contribution < 1.29 is 31.8 Å². The van der Waals surface area contributed by atoms with E-state index in [1.807, 2.05) is 6.92 Å². The van der Waals surface area contributed by atoms with Gasteiger partial charge in [0.25, 0.3) is 10.1 Å². The summed E-state index contributed by atoms with van der Waals surface area (Å²) in [5.74, 6) is 1.30. The van der Waals surface area contributed by atoms with Crippen molar-refractivity contribution in [2.45, 2.75) is 123 Å². The third-order valence-corrected chi connectivity index (χ3v) is 13.7. The molecule has 1 aliphatic carbocycles. The van der Waals surface area contributed by atoms with Gasteiger partial charge in [-0.2, -0.15) is 13.0 Å². The summed E-state index contributed by atoms with van der Waals surface area (Å²) in [5.41, 5.74) is 10.4. The molecule has 3 aliphatic rings. The number of anilines is 2. The van der Waals surface area contributed by atoms with Crippen LogP contribution in [0.4, 0.5) is 17.1 Å². The maximum Gasteiger partial charge on any atom is 0.305 e. The molecule has 0 spiro atoms. The summed E-state index contributed by atoms with van der Waals surface area (Å²) in [7, 11) is -1.92. The SMILES string of the molecule is CCCCN1/C(=C/C=C2\CCCC(/C=C/C3=[N+](CCCCS(=O)(=O)O)c4ccccc4C3(C)C)=C2Oc2ccc(N(C)CCCCCC(=O)OCC)cc2)C(C)(C)c2ccccc21. The second kappa shape index (κ2) is 21.2. The average Bonchev–Trinajstić information content (AvgIpc) is 3.61. The zero-order valence-electron chi connectivity index (χ0n) is 38.8. The topological polar surface area (TPSA) is 99.4 Å². The number of hydrogen-bond donors (Lipinski definition) is 1.